The van der Waals surface area contributed by atoms with Crippen molar-refractivity contribution in [2.75, 3.05) is 19.6 Å². The molecular weight excluding hydrogens is 306 g/mol. The molecule has 0 spiro atoms. The van der Waals surface area contributed by atoms with Gasteiger partial charge >= 0.3 is 0 Å². The second kappa shape index (κ2) is 6.04. The number of piperidine rings is 1. The van der Waals surface area contributed by atoms with E-state index < -0.39 is 0 Å². The van der Waals surface area contributed by atoms with Crippen molar-refractivity contribution in [1.29, 1.82) is 0 Å². The van der Waals surface area contributed by atoms with Gasteiger partial charge in [-0.3, -0.25) is 9.80 Å². The van der Waals surface area contributed by atoms with Crippen LogP contribution in [0, 0.1) is 26.7 Å². The first-order valence-corrected chi connectivity index (χ1v) is 9.33. The Morgan fingerprint density at radius 3 is 2.74 bits per heavy atom. The highest BCUT2D eigenvalue weighted by Crippen LogP contribution is 2.33. The lowest BCUT2D eigenvalue weighted by molar-refractivity contribution is 0.153. The van der Waals surface area contributed by atoms with Crippen LogP contribution in [0.5, 0.6) is 0 Å². The van der Waals surface area contributed by atoms with E-state index in [1.807, 2.05) is 18.3 Å². The maximum Gasteiger partial charge on any atom is 0.138 e. The van der Waals surface area contributed by atoms with Crippen LogP contribution in [0.15, 0.2) is 16.7 Å². The summed E-state index contributed by atoms with van der Waals surface area (Å²) in [5, 5.41) is 4.10. The van der Waals surface area contributed by atoms with Gasteiger partial charge < -0.3 is 4.52 Å². The van der Waals surface area contributed by atoms with Crippen LogP contribution in [0.3, 0.4) is 0 Å². The van der Waals surface area contributed by atoms with Crippen LogP contribution in [-0.2, 0) is 13.1 Å². The lowest BCUT2D eigenvalue weighted by Gasteiger charge is -2.32. The minimum absolute atomic E-state index is 0.705. The number of nitrogens with zero attached hydrogens (tertiary/aromatic N) is 3. The number of fused-ring (bicyclic) bond motifs is 2. The smallest absolute Gasteiger partial charge is 0.138 e. The summed E-state index contributed by atoms with van der Waals surface area (Å²) in [5.74, 6) is 1.79. The molecule has 4 nitrogen and oxygen atoms in total. The van der Waals surface area contributed by atoms with Crippen molar-refractivity contribution in [2.45, 2.75) is 46.3 Å². The van der Waals surface area contributed by atoms with Crippen LogP contribution >= 0.6 is 11.3 Å². The number of aromatic nitrogens is 1. The lowest BCUT2D eigenvalue weighted by atomic mass is 9.99. The van der Waals surface area contributed by atoms with E-state index in [0.29, 0.717) is 6.04 Å². The monoisotopic (exact) mass is 331 g/mol. The quantitative estimate of drug-likeness (QED) is 0.860. The van der Waals surface area contributed by atoms with E-state index in [4.69, 9.17) is 4.52 Å². The molecule has 2 aliphatic rings. The zero-order valence-corrected chi connectivity index (χ0v) is 15.0. The second-order valence-electron chi connectivity index (χ2n) is 7.19. The van der Waals surface area contributed by atoms with Gasteiger partial charge in [-0.25, -0.2) is 0 Å². The van der Waals surface area contributed by atoms with Crippen LogP contribution < -0.4 is 0 Å². The fourth-order valence-electron chi connectivity index (χ4n) is 4.19. The Kier molecular flexibility index (Phi) is 4.03. The summed E-state index contributed by atoms with van der Waals surface area (Å²) >= 11 is 1.94. The third-order valence-corrected chi connectivity index (χ3v) is 6.30. The number of rotatable bonds is 4. The van der Waals surface area contributed by atoms with Crippen molar-refractivity contribution in [3.05, 3.63) is 38.9 Å². The molecule has 0 saturated carbocycles. The van der Waals surface area contributed by atoms with Crippen molar-refractivity contribution >= 4 is 11.3 Å². The molecule has 0 unspecified atom stereocenters. The van der Waals surface area contributed by atoms with Gasteiger partial charge in [-0.15, -0.1) is 11.3 Å². The van der Waals surface area contributed by atoms with Gasteiger partial charge in [0, 0.05) is 54.1 Å². The van der Waals surface area contributed by atoms with Crippen LogP contribution in [0.25, 0.3) is 0 Å². The van der Waals surface area contributed by atoms with Crippen molar-refractivity contribution in [3.63, 3.8) is 0 Å². The molecule has 0 radical (unpaired) electrons. The van der Waals surface area contributed by atoms with Crippen LogP contribution in [-0.4, -0.2) is 40.6 Å². The average molecular weight is 331 g/mol. The number of thiophene rings is 1. The second-order valence-corrected chi connectivity index (χ2v) is 8.57. The van der Waals surface area contributed by atoms with Gasteiger partial charge in [0.15, 0.2) is 0 Å². The predicted octanol–water partition coefficient (Wildman–Crippen LogP) is 3.37. The van der Waals surface area contributed by atoms with Crippen LogP contribution in [0.4, 0.5) is 0 Å². The Morgan fingerprint density at radius 1 is 1.17 bits per heavy atom. The summed E-state index contributed by atoms with van der Waals surface area (Å²) in [5.41, 5.74) is 2.33. The predicted molar refractivity (Wildman–Crippen MR) is 92.6 cm³/mol. The van der Waals surface area contributed by atoms with Gasteiger partial charge in [0.2, 0.25) is 0 Å². The number of likely N-dealkylation sites (tertiary alicyclic amines) is 2. The average Bonchev–Trinajstić information content (AvgIpc) is 3.14. The van der Waals surface area contributed by atoms with E-state index in [-0.39, 0.29) is 0 Å². The summed E-state index contributed by atoms with van der Waals surface area (Å²) < 4.78 is 5.32. The van der Waals surface area contributed by atoms with Gasteiger partial charge in [-0.05, 0) is 45.2 Å². The first-order chi connectivity index (χ1) is 11.1. The third kappa shape index (κ3) is 3.10. The van der Waals surface area contributed by atoms with Crippen molar-refractivity contribution < 1.29 is 4.52 Å². The van der Waals surface area contributed by atoms with E-state index in [2.05, 4.69) is 40.9 Å². The molecule has 2 fully saturated rings. The Balaban J connectivity index is 1.42. The van der Waals surface area contributed by atoms with Gasteiger partial charge in [-0.1, -0.05) is 5.16 Å². The molecule has 4 heterocycles. The SMILES string of the molecule is Cc1ccc(CN2C[C@H]3C[C@H]2CN(Cc2c(C)noc2C)C3)s1. The molecule has 2 aromatic rings. The fourth-order valence-corrected chi connectivity index (χ4v) is 5.11. The molecule has 2 aromatic heterocycles. The van der Waals surface area contributed by atoms with Crippen LogP contribution in [0.1, 0.15) is 33.2 Å². The van der Waals surface area contributed by atoms with E-state index in [1.165, 1.54) is 41.4 Å². The molecule has 23 heavy (non-hydrogen) atoms. The highest BCUT2D eigenvalue weighted by Gasteiger charge is 2.38. The first kappa shape index (κ1) is 15.4. The Labute approximate surface area is 142 Å². The molecule has 2 atom stereocenters. The largest absolute Gasteiger partial charge is 0.361 e. The third-order valence-electron chi connectivity index (χ3n) is 5.32. The first-order valence-electron chi connectivity index (χ1n) is 8.52. The fraction of sp³-hybridized carbons (Fsp3) is 0.611. The van der Waals surface area contributed by atoms with Crippen molar-refractivity contribution in [3.8, 4) is 0 Å². The highest BCUT2D eigenvalue weighted by atomic mass is 32.1. The van der Waals surface area contributed by atoms with Gasteiger partial charge in [-0.2, -0.15) is 0 Å². The molecular formula is C18H25N3OS. The summed E-state index contributed by atoms with van der Waals surface area (Å²) in [6.45, 7) is 12.0. The molecule has 0 N–H and O–H groups in total. The van der Waals surface area contributed by atoms with Gasteiger partial charge in [0.05, 0.1) is 5.69 Å². The lowest BCUT2D eigenvalue weighted by Crippen LogP contribution is -2.41. The molecule has 124 valence electrons. The maximum atomic E-state index is 5.32. The van der Waals surface area contributed by atoms with E-state index in [9.17, 15) is 0 Å². The summed E-state index contributed by atoms with van der Waals surface area (Å²) in [4.78, 5) is 8.23. The maximum absolute atomic E-state index is 5.32. The molecule has 5 heteroatoms. The standard InChI is InChI=1S/C18H25N3OS/c1-12-4-5-17(23-12)10-21-8-15-6-16(21)9-20(7-15)11-18-13(2)19-22-14(18)3/h4-5,15-16H,6-11H2,1-3H3/t15-,16-/m0/s1. The molecule has 0 aromatic carbocycles. The summed E-state index contributed by atoms with van der Waals surface area (Å²) in [6.07, 6.45) is 1.36. The Bertz CT molecular complexity index is 673. The molecule has 2 aliphatic heterocycles. The molecule has 2 saturated heterocycles. The van der Waals surface area contributed by atoms with Crippen molar-refractivity contribution in [1.82, 2.24) is 15.0 Å². The molecule has 4 rings (SSSR count). The van der Waals surface area contributed by atoms with E-state index in [1.54, 1.807) is 0 Å². The zero-order chi connectivity index (χ0) is 16.0. The van der Waals surface area contributed by atoms with Crippen LogP contribution in [0.2, 0.25) is 0 Å². The number of hydrogen-bond acceptors (Lipinski definition) is 5. The topological polar surface area (TPSA) is 32.5 Å². The number of aryl methyl sites for hydroxylation is 3. The molecule has 0 amide bonds. The Morgan fingerprint density at radius 2 is 2.04 bits per heavy atom. The van der Waals surface area contributed by atoms with Gasteiger partial charge in [0.25, 0.3) is 0 Å². The molecule has 0 aliphatic carbocycles. The minimum Gasteiger partial charge on any atom is -0.361 e. The van der Waals surface area contributed by atoms with Gasteiger partial charge in [0.1, 0.15) is 5.76 Å². The normalized spacial score (nSPS) is 25.3. The van der Waals surface area contributed by atoms with Crippen molar-refractivity contribution in [2.24, 2.45) is 5.92 Å². The van der Waals surface area contributed by atoms with E-state index >= 15 is 0 Å². The van der Waals surface area contributed by atoms with E-state index in [0.717, 1.165) is 30.5 Å². The summed E-state index contributed by atoms with van der Waals surface area (Å²) in [6, 6.07) is 5.24. The molecule has 2 bridgehead atoms. The zero-order valence-electron chi connectivity index (χ0n) is 14.2. The Hall–Kier alpha value is -1.17. The minimum atomic E-state index is 0.705. The number of hydrogen-bond donors (Lipinski definition) is 0. The highest BCUT2D eigenvalue weighted by molar-refractivity contribution is 7.11. The summed E-state index contributed by atoms with van der Waals surface area (Å²) in [7, 11) is 0.